The van der Waals surface area contributed by atoms with Crippen LogP contribution >= 0.6 is 0 Å². The number of nitrogens with zero attached hydrogens (tertiary/aromatic N) is 1. The third-order valence-electron chi connectivity index (χ3n) is 2.87. The quantitative estimate of drug-likeness (QED) is 0.788. The number of aromatic amines is 1. The molecule has 0 aliphatic carbocycles. The van der Waals surface area contributed by atoms with E-state index in [1.165, 1.54) is 10.9 Å². The van der Waals surface area contributed by atoms with Crippen LogP contribution in [0.5, 0.6) is 0 Å². The Morgan fingerprint density at radius 2 is 2.07 bits per heavy atom. The molecule has 80 valence electrons. The van der Waals surface area contributed by atoms with Crippen molar-refractivity contribution in [2.75, 3.05) is 0 Å². The molecule has 0 radical (unpaired) electrons. The average Bonchev–Trinajstić information content (AvgIpc) is 2.61. The topological polar surface area (TPSA) is 54.7 Å². The fourth-order valence-electron chi connectivity index (χ4n) is 1.85. The third-order valence-corrected chi connectivity index (χ3v) is 2.87. The zero-order chi connectivity index (χ0) is 11.0. The molecule has 1 atom stereocenters. The molecule has 0 saturated heterocycles. The summed E-state index contributed by atoms with van der Waals surface area (Å²) in [5.41, 5.74) is 9.43. The molecule has 2 aromatic rings. The van der Waals surface area contributed by atoms with E-state index in [1.807, 2.05) is 12.1 Å². The van der Waals surface area contributed by atoms with Gasteiger partial charge in [0, 0.05) is 11.4 Å². The molecule has 0 aliphatic heterocycles. The zero-order valence-corrected chi connectivity index (χ0v) is 9.41. The molecule has 3 heteroatoms. The molecule has 3 nitrogen and oxygen atoms in total. The van der Waals surface area contributed by atoms with Crippen molar-refractivity contribution in [3.63, 3.8) is 0 Å². The van der Waals surface area contributed by atoms with Gasteiger partial charge in [-0.1, -0.05) is 26.0 Å². The fourth-order valence-corrected chi connectivity index (χ4v) is 1.85. The summed E-state index contributed by atoms with van der Waals surface area (Å²) in [6, 6.07) is 6.14. The van der Waals surface area contributed by atoms with Crippen LogP contribution in [0.1, 0.15) is 31.1 Å². The summed E-state index contributed by atoms with van der Waals surface area (Å²) < 4.78 is 0. The van der Waals surface area contributed by atoms with Crippen LogP contribution in [0.4, 0.5) is 0 Å². The van der Waals surface area contributed by atoms with Gasteiger partial charge < -0.3 is 5.73 Å². The van der Waals surface area contributed by atoms with Crippen LogP contribution < -0.4 is 5.73 Å². The first-order chi connectivity index (χ1) is 7.11. The molecule has 0 saturated carbocycles. The van der Waals surface area contributed by atoms with E-state index < -0.39 is 0 Å². The van der Waals surface area contributed by atoms with Gasteiger partial charge in [-0.05, 0) is 24.5 Å². The first-order valence-electron chi connectivity index (χ1n) is 5.30. The van der Waals surface area contributed by atoms with Gasteiger partial charge in [-0.15, -0.1) is 0 Å². The predicted molar refractivity (Wildman–Crippen MR) is 62.6 cm³/mol. The lowest BCUT2D eigenvalue weighted by molar-refractivity contribution is 0.505. The van der Waals surface area contributed by atoms with Crippen LogP contribution in [-0.4, -0.2) is 10.2 Å². The molecule has 0 amide bonds. The highest BCUT2D eigenvalue weighted by Crippen LogP contribution is 2.27. The minimum absolute atomic E-state index is 0.0242. The van der Waals surface area contributed by atoms with Crippen LogP contribution in [0, 0.1) is 12.8 Å². The number of aromatic nitrogens is 2. The summed E-state index contributed by atoms with van der Waals surface area (Å²) in [5, 5.41) is 8.52. The van der Waals surface area contributed by atoms with E-state index in [0.29, 0.717) is 5.92 Å². The Hall–Kier alpha value is -1.35. The number of fused-ring (bicyclic) bond motifs is 1. The maximum absolute atomic E-state index is 6.15. The van der Waals surface area contributed by atoms with E-state index in [4.69, 9.17) is 5.73 Å². The van der Waals surface area contributed by atoms with Gasteiger partial charge in [-0.2, -0.15) is 5.10 Å². The number of hydrogen-bond acceptors (Lipinski definition) is 2. The van der Waals surface area contributed by atoms with Crippen molar-refractivity contribution in [1.29, 1.82) is 0 Å². The minimum atomic E-state index is 0.0242. The lowest BCUT2D eigenvalue weighted by atomic mass is 9.97. The molecule has 0 bridgehead atoms. The SMILES string of the molecule is Cc1cccc2n[nH]c(C(N)C(C)C)c12. The summed E-state index contributed by atoms with van der Waals surface area (Å²) in [6.07, 6.45) is 0. The Bertz CT molecular complexity index is 471. The Labute approximate surface area is 89.7 Å². The molecule has 1 unspecified atom stereocenters. The monoisotopic (exact) mass is 203 g/mol. The number of rotatable bonds is 2. The Kier molecular flexibility index (Phi) is 2.49. The second-order valence-corrected chi connectivity index (χ2v) is 4.38. The van der Waals surface area contributed by atoms with Gasteiger partial charge in [0.15, 0.2) is 0 Å². The van der Waals surface area contributed by atoms with Crippen LogP contribution in [0.3, 0.4) is 0 Å². The molecule has 0 aliphatic rings. The third kappa shape index (κ3) is 1.63. The van der Waals surface area contributed by atoms with E-state index in [-0.39, 0.29) is 6.04 Å². The highest BCUT2D eigenvalue weighted by molar-refractivity contribution is 5.85. The van der Waals surface area contributed by atoms with E-state index in [9.17, 15) is 0 Å². The van der Waals surface area contributed by atoms with Gasteiger partial charge in [0.1, 0.15) is 0 Å². The molecule has 0 spiro atoms. The molecule has 0 fully saturated rings. The fraction of sp³-hybridized carbons (Fsp3) is 0.417. The number of nitrogens with one attached hydrogen (secondary N) is 1. The second kappa shape index (κ2) is 3.66. The normalized spacial score (nSPS) is 13.7. The molecular weight excluding hydrogens is 186 g/mol. The van der Waals surface area contributed by atoms with E-state index in [0.717, 1.165) is 11.2 Å². The van der Waals surface area contributed by atoms with Gasteiger partial charge in [-0.3, -0.25) is 5.10 Å². The number of hydrogen-bond donors (Lipinski definition) is 2. The van der Waals surface area contributed by atoms with Crippen molar-refractivity contribution in [2.24, 2.45) is 11.7 Å². The van der Waals surface area contributed by atoms with Gasteiger partial charge >= 0.3 is 0 Å². The molecule has 2 rings (SSSR count). The molecule has 1 aromatic heterocycles. The van der Waals surface area contributed by atoms with Gasteiger partial charge in [-0.25, -0.2) is 0 Å². The number of nitrogens with two attached hydrogens (primary N) is 1. The Morgan fingerprint density at radius 3 is 2.73 bits per heavy atom. The number of benzene rings is 1. The smallest absolute Gasteiger partial charge is 0.0927 e. The first kappa shape index (κ1) is 10.2. The predicted octanol–water partition coefficient (Wildman–Crippen LogP) is 2.53. The summed E-state index contributed by atoms with van der Waals surface area (Å²) in [5.74, 6) is 0.410. The largest absolute Gasteiger partial charge is 0.322 e. The van der Waals surface area contributed by atoms with E-state index in [2.05, 4.69) is 37.0 Å². The molecule has 15 heavy (non-hydrogen) atoms. The average molecular weight is 203 g/mol. The standard InChI is InChI=1S/C12H17N3/c1-7(2)11(13)12-10-8(3)5-4-6-9(10)14-15-12/h4-7,11H,13H2,1-3H3,(H,14,15). The van der Waals surface area contributed by atoms with Crippen molar-refractivity contribution in [1.82, 2.24) is 10.2 Å². The van der Waals surface area contributed by atoms with Gasteiger partial charge in [0.05, 0.1) is 11.2 Å². The van der Waals surface area contributed by atoms with Crippen LogP contribution in [-0.2, 0) is 0 Å². The van der Waals surface area contributed by atoms with E-state index >= 15 is 0 Å². The van der Waals surface area contributed by atoms with Gasteiger partial charge in [0.25, 0.3) is 0 Å². The summed E-state index contributed by atoms with van der Waals surface area (Å²) >= 11 is 0. The lowest BCUT2D eigenvalue weighted by Crippen LogP contribution is -2.17. The van der Waals surface area contributed by atoms with Crippen molar-refractivity contribution in [2.45, 2.75) is 26.8 Å². The zero-order valence-electron chi connectivity index (χ0n) is 9.41. The van der Waals surface area contributed by atoms with Crippen molar-refractivity contribution < 1.29 is 0 Å². The summed E-state index contributed by atoms with van der Waals surface area (Å²) in [6.45, 7) is 6.33. The van der Waals surface area contributed by atoms with Crippen molar-refractivity contribution >= 4 is 10.9 Å². The highest BCUT2D eigenvalue weighted by atomic mass is 15.1. The Morgan fingerprint density at radius 1 is 1.33 bits per heavy atom. The summed E-state index contributed by atoms with van der Waals surface area (Å²) in [4.78, 5) is 0. The number of aryl methyl sites for hydroxylation is 1. The molecule has 1 aromatic carbocycles. The maximum atomic E-state index is 6.15. The lowest BCUT2D eigenvalue weighted by Gasteiger charge is -2.14. The maximum Gasteiger partial charge on any atom is 0.0927 e. The number of H-pyrrole nitrogens is 1. The Balaban J connectivity index is 2.62. The molecular formula is C12H17N3. The van der Waals surface area contributed by atoms with Crippen molar-refractivity contribution in [3.8, 4) is 0 Å². The molecule has 1 heterocycles. The van der Waals surface area contributed by atoms with Crippen LogP contribution in [0.15, 0.2) is 18.2 Å². The van der Waals surface area contributed by atoms with Crippen LogP contribution in [0.2, 0.25) is 0 Å². The highest BCUT2D eigenvalue weighted by Gasteiger charge is 2.17. The van der Waals surface area contributed by atoms with Crippen molar-refractivity contribution in [3.05, 3.63) is 29.5 Å². The first-order valence-corrected chi connectivity index (χ1v) is 5.30. The van der Waals surface area contributed by atoms with Crippen LogP contribution in [0.25, 0.3) is 10.9 Å². The second-order valence-electron chi connectivity index (χ2n) is 4.38. The van der Waals surface area contributed by atoms with E-state index in [1.54, 1.807) is 0 Å². The summed E-state index contributed by atoms with van der Waals surface area (Å²) in [7, 11) is 0. The molecule has 3 N–H and O–H groups in total. The minimum Gasteiger partial charge on any atom is -0.322 e. The van der Waals surface area contributed by atoms with Gasteiger partial charge in [0.2, 0.25) is 0 Å².